The van der Waals surface area contributed by atoms with Gasteiger partial charge < -0.3 is 10.1 Å². The van der Waals surface area contributed by atoms with E-state index in [-0.39, 0.29) is 12.5 Å². The normalized spacial score (nSPS) is 28.1. The van der Waals surface area contributed by atoms with Crippen molar-refractivity contribution in [3.63, 3.8) is 0 Å². The minimum absolute atomic E-state index is 0.0204. The van der Waals surface area contributed by atoms with Crippen molar-refractivity contribution >= 4 is 5.91 Å². The average molecular weight is 199 g/mol. The van der Waals surface area contributed by atoms with Gasteiger partial charge in [0.1, 0.15) is 6.61 Å². The second kappa shape index (κ2) is 6.02. The standard InChI is InChI=1S/C11H21NO2/c1-9-4-3-5-10(7-6-9)12-11(13)8-14-2/h9-10H,3-8H2,1-2H3,(H,12,13). The van der Waals surface area contributed by atoms with Gasteiger partial charge in [0.25, 0.3) is 0 Å². The molecule has 3 heteroatoms. The zero-order valence-corrected chi connectivity index (χ0v) is 9.21. The summed E-state index contributed by atoms with van der Waals surface area (Å²) in [4.78, 5) is 11.3. The number of amides is 1. The summed E-state index contributed by atoms with van der Waals surface area (Å²) in [6.07, 6.45) is 6.02. The van der Waals surface area contributed by atoms with Crippen molar-refractivity contribution in [2.45, 2.75) is 45.1 Å². The van der Waals surface area contributed by atoms with E-state index in [1.165, 1.54) is 19.3 Å². The molecule has 3 nitrogen and oxygen atoms in total. The van der Waals surface area contributed by atoms with Crippen LogP contribution in [0.3, 0.4) is 0 Å². The molecule has 0 aromatic heterocycles. The molecule has 14 heavy (non-hydrogen) atoms. The van der Waals surface area contributed by atoms with Crippen LogP contribution in [0, 0.1) is 5.92 Å². The highest BCUT2D eigenvalue weighted by Crippen LogP contribution is 2.22. The van der Waals surface area contributed by atoms with E-state index in [1.54, 1.807) is 7.11 Å². The third-order valence-corrected chi connectivity index (χ3v) is 2.90. The van der Waals surface area contributed by atoms with Gasteiger partial charge in [0.15, 0.2) is 0 Å². The molecule has 0 aromatic carbocycles. The molecule has 2 unspecified atom stereocenters. The van der Waals surface area contributed by atoms with Crippen molar-refractivity contribution in [3.05, 3.63) is 0 Å². The van der Waals surface area contributed by atoms with Crippen molar-refractivity contribution in [2.24, 2.45) is 5.92 Å². The topological polar surface area (TPSA) is 38.3 Å². The van der Waals surface area contributed by atoms with Gasteiger partial charge in [-0.2, -0.15) is 0 Å². The first-order chi connectivity index (χ1) is 6.72. The number of methoxy groups -OCH3 is 1. The Labute approximate surface area is 86.2 Å². The van der Waals surface area contributed by atoms with Gasteiger partial charge in [-0.25, -0.2) is 0 Å². The summed E-state index contributed by atoms with van der Waals surface area (Å²) in [7, 11) is 1.55. The lowest BCUT2D eigenvalue weighted by molar-refractivity contribution is -0.125. The molecule has 1 amide bonds. The Bertz CT molecular complexity index is 182. The summed E-state index contributed by atoms with van der Waals surface area (Å²) in [5.74, 6) is 0.839. The molecule has 0 aromatic rings. The summed E-state index contributed by atoms with van der Waals surface area (Å²) in [5.41, 5.74) is 0. The Kier molecular flexibility index (Phi) is 4.94. The molecule has 0 aliphatic heterocycles. The van der Waals surface area contributed by atoms with Crippen LogP contribution < -0.4 is 5.32 Å². The van der Waals surface area contributed by atoms with Crippen LogP contribution in [-0.2, 0) is 9.53 Å². The van der Waals surface area contributed by atoms with Gasteiger partial charge >= 0.3 is 0 Å². The van der Waals surface area contributed by atoms with Crippen molar-refractivity contribution < 1.29 is 9.53 Å². The molecule has 82 valence electrons. The van der Waals surface area contributed by atoms with Crippen LogP contribution in [-0.4, -0.2) is 25.7 Å². The predicted octanol–water partition coefficient (Wildman–Crippen LogP) is 1.72. The second-order valence-corrected chi connectivity index (χ2v) is 4.31. The van der Waals surface area contributed by atoms with Gasteiger partial charge in [0, 0.05) is 13.2 Å². The second-order valence-electron chi connectivity index (χ2n) is 4.31. The van der Waals surface area contributed by atoms with Crippen molar-refractivity contribution in [1.29, 1.82) is 0 Å². The van der Waals surface area contributed by atoms with E-state index in [2.05, 4.69) is 12.2 Å². The highest BCUT2D eigenvalue weighted by Gasteiger charge is 2.17. The lowest BCUT2D eigenvalue weighted by atomic mass is 10.0. The van der Waals surface area contributed by atoms with Crippen LogP contribution in [0.1, 0.15) is 39.0 Å². The van der Waals surface area contributed by atoms with Gasteiger partial charge in [0.05, 0.1) is 0 Å². The van der Waals surface area contributed by atoms with Crippen LogP contribution >= 0.6 is 0 Å². The number of rotatable bonds is 3. The van der Waals surface area contributed by atoms with Crippen LogP contribution in [0.5, 0.6) is 0 Å². The zero-order valence-electron chi connectivity index (χ0n) is 9.21. The monoisotopic (exact) mass is 199 g/mol. The quantitative estimate of drug-likeness (QED) is 0.703. The largest absolute Gasteiger partial charge is 0.375 e. The minimum atomic E-state index is 0.0204. The lowest BCUT2D eigenvalue weighted by Gasteiger charge is -2.15. The molecule has 1 saturated carbocycles. The Hall–Kier alpha value is -0.570. The number of ether oxygens (including phenoxy) is 1. The van der Waals surface area contributed by atoms with Crippen molar-refractivity contribution in [2.75, 3.05) is 13.7 Å². The van der Waals surface area contributed by atoms with Gasteiger partial charge in [-0.15, -0.1) is 0 Å². The first-order valence-corrected chi connectivity index (χ1v) is 5.50. The van der Waals surface area contributed by atoms with Crippen LogP contribution in [0.15, 0.2) is 0 Å². The molecule has 0 saturated heterocycles. The fraction of sp³-hybridized carbons (Fsp3) is 0.909. The molecule has 1 N–H and O–H groups in total. The Balaban J connectivity index is 2.26. The Morgan fingerprint density at radius 2 is 2.14 bits per heavy atom. The van der Waals surface area contributed by atoms with Crippen molar-refractivity contribution in [3.8, 4) is 0 Å². The maximum absolute atomic E-state index is 11.3. The van der Waals surface area contributed by atoms with E-state index < -0.39 is 0 Å². The number of nitrogens with one attached hydrogen (secondary N) is 1. The molecule has 1 aliphatic carbocycles. The third-order valence-electron chi connectivity index (χ3n) is 2.90. The van der Waals surface area contributed by atoms with E-state index in [4.69, 9.17) is 4.74 Å². The molecule has 0 spiro atoms. The number of carbonyl (C=O) groups excluding carboxylic acids is 1. The van der Waals surface area contributed by atoms with E-state index in [9.17, 15) is 4.79 Å². The maximum atomic E-state index is 11.3. The van der Waals surface area contributed by atoms with Gasteiger partial charge in [0.2, 0.25) is 5.91 Å². The van der Waals surface area contributed by atoms with E-state index in [0.717, 1.165) is 18.8 Å². The third kappa shape index (κ3) is 4.09. The first kappa shape index (κ1) is 11.5. The number of hydrogen-bond acceptors (Lipinski definition) is 2. The molecule has 0 heterocycles. The highest BCUT2D eigenvalue weighted by molar-refractivity contribution is 5.77. The molecule has 1 fully saturated rings. The number of carbonyl (C=O) groups is 1. The summed E-state index contributed by atoms with van der Waals surface area (Å²) in [5, 5.41) is 3.02. The summed E-state index contributed by atoms with van der Waals surface area (Å²) >= 11 is 0. The molecule has 1 aliphatic rings. The maximum Gasteiger partial charge on any atom is 0.246 e. The Morgan fingerprint density at radius 3 is 2.86 bits per heavy atom. The molecular weight excluding hydrogens is 178 g/mol. The van der Waals surface area contributed by atoms with Gasteiger partial charge in [-0.05, 0) is 25.2 Å². The molecule has 1 rings (SSSR count). The zero-order chi connectivity index (χ0) is 10.4. The van der Waals surface area contributed by atoms with Gasteiger partial charge in [-0.1, -0.05) is 19.8 Å². The van der Waals surface area contributed by atoms with E-state index in [1.807, 2.05) is 0 Å². The molecular formula is C11H21NO2. The Morgan fingerprint density at radius 1 is 1.36 bits per heavy atom. The van der Waals surface area contributed by atoms with E-state index >= 15 is 0 Å². The summed E-state index contributed by atoms with van der Waals surface area (Å²) in [6.45, 7) is 2.48. The van der Waals surface area contributed by atoms with E-state index in [0.29, 0.717) is 6.04 Å². The summed E-state index contributed by atoms with van der Waals surface area (Å²) < 4.78 is 4.79. The minimum Gasteiger partial charge on any atom is -0.375 e. The van der Waals surface area contributed by atoms with Crippen LogP contribution in [0.4, 0.5) is 0 Å². The molecule has 0 bridgehead atoms. The fourth-order valence-electron chi connectivity index (χ4n) is 2.03. The van der Waals surface area contributed by atoms with Crippen LogP contribution in [0.25, 0.3) is 0 Å². The fourth-order valence-corrected chi connectivity index (χ4v) is 2.03. The lowest BCUT2D eigenvalue weighted by Crippen LogP contribution is -2.36. The average Bonchev–Trinajstić information content (AvgIpc) is 2.32. The van der Waals surface area contributed by atoms with Gasteiger partial charge in [-0.3, -0.25) is 4.79 Å². The SMILES string of the molecule is COCC(=O)NC1CCCC(C)CC1. The predicted molar refractivity (Wildman–Crippen MR) is 56.1 cm³/mol. The van der Waals surface area contributed by atoms with Crippen LogP contribution in [0.2, 0.25) is 0 Å². The van der Waals surface area contributed by atoms with Crippen molar-refractivity contribution in [1.82, 2.24) is 5.32 Å². The molecule has 2 atom stereocenters. The highest BCUT2D eigenvalue weighted by atomic mass is 16.5. The summed E-state index contributed by atoms with van der Waals surface area (Å²) in [6, 6.07) is 0.377. The first-order valence-electron chi connectivity index (χ1n) is 5.50. The smallest absolute Gasteiger partial charge is 0.246 e. The molecule has 0 radical (unpaired) electrons. The number of hydrogen-bond donors (Lipinski definition) is 1.